The Labute approximate surface area is 150 Å². The summed E-state index contributed by atoms with van der Waals surface area (Å²) < 4.78 is 5.45. The Morgan fingerprint density at radius 1 is 1.24 bits per heavy atom. The SMILES string of the molecule is Cc1ccc2ncc(N3CCC(CC(=O)OC(C)(C)C)CC3)cc2c1. The Hall–Kier alpha value is -2.10. The maximum atomic E-state index is 12.0. The lowest BCUT2D eigenvalue weighted by molar-refractivity contribution is -0.156. The summed E-state index contributed by atoms with van der Waals surface area (Å²) in [6, 6.07) is 8.57. The number of anilines is 1. The molecule has 2 aromatic rings. The maximum Gasteiger partial charge on any atom is 0.306 e. The van der Waals surface area contributed by atoms with E-state index in [1.54, 1.807) is 0 Å². The second kappa shape index (κ2) is 7.03. The summed E-state index contributed by atoms with van der Waals surface area (Å²) in [7, 11) is 0. The van der Waals surface area contributed by atoms with E-state index in [0.29, 0.717) is 12.3 Å². The molecule has 134 valence electrons. The number of ether oxygens (including phenoxy) is 1. The average molecular weight is 340 g/mol. The zero-order valence-electron chi connectivity index (χ0n) is 15.7. The number of fused-ring (bicyclic) bond motifs is 1. The minimum atomic E-state index is -0.396. The van der Waals surface area contributed by atoms with Crippen molar-refractivity contribution in [2.45, 2.75) is 52.6 Å². The molecule has 2 heterocycles. The molecule has 0 aliphatic carbocycles. The van der Waals surface area contributed by atoms with Crippen molar-refractivity contribution in [2.75, 3.05) is 18.0 Å². The quantitative estimate of drug-likeness (QED) is 0.772. The van der Waals surface area contributed by atoms with E-state index in [0.717, 1.165) is 31.4 Å². The van der Waals surface area contributed by atoms with Crippen LogP contribution in [0.3, 0.4) is 0 Å². The predicted molar refractivity (Wildman–Crippen MR) is 102 cm³/mol. The van der Waals surface area contributed by atoms with Gasteiger partial charge in [-0.25, -0.2) is 0 Å². The molecule has 1 fully saturated rings. The van der Waals surface area contributed by atoms with E-state index in [4.69, 9.17) is 4.74 Å². The third-order valence-electron chi connectivity index (χ3n) is 4.68. The highest BCUT2D eigenvalue weighted by Crippen LogP contribution is 2.27. The Morgan fingerprint density at radius 3 is 2.64 bits per heavy atom. The number of piperidine rings is 1. The number of carbonyl (C=O) groups is 1. The molecule has 0 unspecified atom stereocenters. The van der Waals surface area contributed by atoms with Crippen LogP contribution in [0.4, 0.5) is 5.69 Å². The molecule has 1 aliphatic heterocycles. The van der Waals surface area contributed by atoms with Gasteiger partial charge in [-0.1, -0.05) is 11.6 Å². The number of aryl methyl sites for hydroxylation is 1. The van der Waals surface area contributed by atoms with Crippen LogP contribution in [0, 0.1) is 12.8 Å². The van der Waals surface area contributed by atoms with Crippen molar-refractivity contribution in [3.8, 4) is 0 Å². The predicted octanol–water partition coefficient (Wildman–Crippen LogP) is 4.49. The minimum absolute atomic E-state index is 0.0752. The lowest BCUT2D eigenvalue weighted by Gasteiger charge is -2.33. The summed E-state index contributed by atoms with van der Waals surface area (Å²) in [5.74, 6) is 0.343. The minimum Gasteiger partial charge on any atom is -0.460 e. The van der Waals surface area contributed by atoms with Crippen molar-refractivity contribution in [2.24, 2.45) is 5.92 Å². The molecule has 0 saturated carbocycles. The van der Waals surface area contributed by atoms with Crippen LogP contribution in [0.5, 0.6) is 0 Å². The molecule has 1 aromatic carbocycles. The van der Waals surface area contributed by atoms with Crippen LogP contribution in [-0.4, -0.2) is 29.6 Å². The number of hydrogen-bond acceptors (Lipinski definition) is 4. The number of aromatic nitrogens is 1. The highest BCUT2D eigenvalue weighted by atomic mass is 16.6. The highest BCUT2D eigenvalue weighted by Gasteiger charge is 2.24. The van der Waals surface area contributed by atoms with Gasteiger partial charge < -0.3 is 9.64 Å². The van der Waals surface area contributed by atoms with Crippen molar-refractivity contribution in [3.05, 3.63) is 36.0 Å². The number of hydrogen-bond donors (Lipinski definition) is 0. The molecular weight excluding hydrogens is 312 g/mol. The third kappa shape index (κ3) is 4.71. The molecule has 1 aliphatic rings. The zero-order chi connectivity index (χ0) is 18.0. The van der Waals surface area contributed by atoms with Gasteiger partial charge in [-0.05, 0) is 64.7 Å². The zero-order valence-corrected chi connectivity index (χ0v) is 15.7. The van der Waals surface area contributed by atoms with Gasteiger partial charge in [-0.3, -0.25) is 9.78 Å². The van der Waals surface area contributed by atoms with Gasteiger partial charge in [0.2, 0.25) is 0 Å². The van der Waals surface area contributed by atoms with E-state index >= 15 is 0 Å². The normalized spacial score (nSPS) is 16.2. The third-order valence-corrected chi connectivity index (χ3v) is 4.68. The molecule has 25 heavy (non-hydrogen) atoms. The number of benzene rings is 1. The van der Waals surface area contributed by atoms with Crippen LogP contribution >= 0.6 is 0 Å². The van der Waals surface area contributed by atoms with Gasteiger partial charge in [0.15, 0.2) is 0 Å². The van der Waals surface area contributed by atoms with E-state index in [2.05, 4.69) is 41.1 Å². The fraction of sp³-hybridized carbons (Fsp3) is 0.524. The van der Waals surface area contributed by atoms with Crippen LogP contribution < -0.4 is 4.90 Å². The first-order chi connectivity index (χ1) is 11.8. The van der Waals surface area contributed by atoms with Gasteiger partial charge in [0.25, 0.3) is 0 Å². The molecule has 4 nitrogen and oxygen atoms in total. The summed E-state index contributed by atoms with van der Waals surface area (Å²) in [6.45, 7) is 9.79. The van der Waals surface area contributed by atoms with Crippen LogP contribution in [0.1, 0.15) is 45.6 Å². The highest BCUT2D eigenvalue weighted by molar-refractivity contribution is 5.82. The number of rotatable bonds is 3. The standard InChI is InChI=1S/C21H28N2O2/c1-15-5-6-19-17(11-15)13-18(14-22-19)23-9-7-16(8-10-23)12-20(24)25-21(2,3)4/h5-6,11,13-14,16H,7-10,12H2,1-4H3. The first-order valence-corrected chi connectivity index (χ1v) is 9.13. The average Bonchev–Trinajstić information content (AvgIpc) is 2.53. The summed E-state index contributed by atoms with van der Waals surface area (Å²) in [5.41, 5.74) is 3.07. The van der Waals surface area contributed by atoms with E-state index in [9.17, 15) is 4.79 Å². The van der Waals surface area contributed by atoms with Crippen molar-refractivity contribution < 1.29 is 9.53 Å². The first-order valence-electron chi connectivity index (χ1n) is 9.13. The van der Waals surface area contributed by atoms with E-state index in [-0.39, 0.29) is 5.97 Å². The van der Waals surface area contributed by atoms with Crippen molar-refractivity contribution in [1.82, 2.24) is 4.98 Å². The number of nitrogens with zero attached hydrogens (tertiary/aromatic N) is 2. The fourth-order valence-electron chi connectivity index (χ4n) is 3.43. The molecule has 4 heteroatoms. The van der Waals surface area contributed by atoms with Gasteiger partial charge >= 0.3 is 5.97 Å². The second-order valence-corrected chi connectivity index (χ2v) is 8.11. The molecule has 1 aromatic heterocycles. The molecule has 0 spiro atoms. The Bertz CT molecular complexity index is 756. The summed E-state index contributed by atoms with van der Waals surface area (Å²) in [5, 5.41) is 1.19. The van der Waals surface area contributed by atoms with Crippen LogP contribution in [0.2, 0.25) is 0 Å². The Kier molecular flexibility index (Phi) is 4.98. The number of esters is 1. The summed E-state index contributed by atoms with van der Waals surface area (Å²) in [4.78, 5) is 19.0. The molecule has 1 saturated heterocycles. The number of carbonyl (C=O) groups excluding carboxylic acids is 1. The molecule has 0 N–H and O–H groups in total. The molecule has 0 atom stereocenters. The summed E-state index contributed by atoms with van der Waals surface area (Å²) in [6.07, 6.45) is 4.53. The van der Waals surface area contributed by atoms with Gasteiger partial charge in [0, 0.05) is 24.9 Å². The second-order valence-electron chi connectivity index (χ2n) is 8.11. The maximum absolute atomic E-state index is 12.0. The van der Waals surface area contributed by atoms with Crippen LogP contribution in [0.25, 0.3) is 10.9 Å². The number of pyridine rings is 1. The largest absolute Gasteiger partial charge is 0.460 e. The van der Waals surface area contributed by atoms with Gasteiger partial charge in [-0.15, -0.1) is 0 Å². The Morgan fingerprint density at radius 2 is 1.96 bits per heavy atom. The molecule has 0 radical (unpaired) electrons. The van der Waals surface area contributed by atoms with Gasteiger partial charge in [0.05, 0.1) is 17.4 Å². The van der Waals surface area contributed by atoms with Crippen molar-refractivity contribution in [3.63, 3.8) is 0 Å². The van der Waals surface area contributed by atoms with E-state index in [1.165, 1.54) is 16.6 Å². The van der Waals surface area contributed by atoms with E-state index in [1.807, 2.05) is 27.0 Å². The van der Waals surface area contributed by atoms with E-state index < -0.39 is 5.60 Å². The van der Waals surface area contributed by atoms with Crippen LogP contribution in [0.15, 0.2) is 30.5 Å². The molecule has 0 amide bonds. The Balaban J connectivity index is 1.59. The molecular formula is C21H28N2O2. The first kappa shape index (κ1) is 17.7. The lowest BCUT2D eigenvalue weighted by Crippen LogP contribution is -2.35. The van der Waals surface area contributed by atoms with Crippen molar-refractivity contribution >= 4 is 22.6 Å². The van der Waals surface area contributed by atoms with Gasteiger partial charge in [0.1, 0.15) is 5.60 Å². The lowest BCUT2D eigenvalue weighted by atomic mass is 9.93. The summed E-state index contributed by atoms with van der Waals surface area (Å²) >= 11 is 0. The molecule has 0 bridgehead atoms. The van der Waals surface area contributed by atoms with Crippen molar-refractivity contribution in [1.29, 1.82) is 0 Å². The van der Waals surface area contributed by atoms with Gasteiger partial charge in [-0.2, -0.15) is 0 Å². The smallest absolute Gasteiger partial charge is 0.306 e. The monoisotopic (exact) mass is 340 g/mol. The molecule has 3 rings (SSSR count). The van der Waals surface area contributed by atoms with Crippen LogP contribution in [-0.2, 0) is 9.53 Å². The topological polar surface area (TPSA) is 42.4 Å². The fourth-order valence-corrected chi connectivity index (χ4v) is 3.43.